The van der Waals surface area contributed by atoms with Crippen LogP contribution in [0.4, 0.5) is 4.39 Å². The van der Waals surface area contributed by atoms with Crippen molar-refractivity contribution in [1.29, 1.82) is 0 Å². The fourth-order valence-corrected chi connectivity index (χ4v) is 3.50. The minimum Gasteiger partial charge on any atom is -0.314 e. The molecule has 0 spiro atoms. The molecule has 0 aliphatic carbocycles. The highest BCUT2D eigenvalue weighted by Crippen LogP contribution is 2.32. The van der Waals surface area contributed by atoms with Gasteiger partial charge in [0.05, 0.1) is 6.04 Å². The van der Waals surface area contributed by atoms with Crippen LogP contribution in [-0.4, -0.2) is 31.1 Å². The second kappa shape index (κ2) is 5.82. The van der Waals surface area contributed by atoms with Crippen LogP contribution >= 0.6 is 11.3 Å². The number of hydrogen-bond acceptors (Lipinski definition) is 3. The Morgan fingerprint density at radius 1 is 1.16 bits per heavy atom. The summed E-state index contributed by atoms with van der Waals surface area (Å²) in [6.07, 6.45) is 0. The van der Waals surface area contributed by atoms with Gasteiger partial charge in [0, 0.05) is 31.1 Å². The van der Waals surface area contributed by atoms with Crippen molar-refractivity contribution in [2.75, 3.05) is 26.2 Å². The highest BCUT2D eigenvalue weighted by Gasteiger charge is 2.24. The first-order chi connectivity index (χ1) is 9.34. The Morgan fingerprint density at radius 3 is 2.68 bits per heavy atom. The molecule has 1 fully saturated rings. The van der Waals surface area contributed by atoms with Gasteiger partial charge in [-0.25, -0.2) is 4.39 Å². The number of halogens is 1. The van der Waals surface area contributed by atoms with Gasteiger partial charge in [0.2, 0.25) is 0 Å². The second-order valence-electron chi connectivity index (χ2n) is 4.76. The molecular formula is C15H17FN2S. The second-order valence-corrected chi connectivity index (χ2v) is 5.74. The van der Waals surface area contributed by atoms with E-state index in [1.54, 1.807) is 23.5 Å². The van der Waals surface area contributed by atoms with Gasteiger partial charge in [0.25, 0.3) is 0 Å². The van der Waals surface area contributed by atoms with Crippen molar-refractivity contribution in [3.63, 3.8) is 0 Å². The summed E-state index contributed by atoms with van der Waals surface area (Å²) in [5, 5.41) is 5.45. The summed E-state index contributed by atoms with van der Waals surface area (Å²) in [5.41, 5.74) is 1.05. The summed E-state index contributed by atoms with van der Waals surface area (Å²) >= 11 is 1.74. The fourth-order valence-electron chi connectivity index (χ4n) is 2.62. The van der Waals surface area contributed by atoms with Gasteiger partial charge in [0.1, 0.15) is 5.82 Å². The van der Waals surface area contributed by atoms with Crippen LogP contribution < -0.4 is 5.32 Å². The van der Waals surface area contributed by atoms with E-state index >= 15 is 0 Å². The van der Waals surface area contributed by atoms with Crippen LogP contribution in [0.15, 0.2) is 41.8 Å². The lowest BCUT2D eigenvalue weighted by Gasteiger charge is -2.34. The highest BCUT2D eigenvalue weighted by molar-refractivity contribution is 7.10. The number of hydrogen-bond donors (Lipinski definition) is 1. The molecule has 19 heavy (non-hydrogen) atoms. The molecule has 0 amide bonds. The van der Waals surface area contributed by atoms with Crippen LogP contribution in [0.2, 0.25) is 0 Å². The summed E-state index contributed by atoms with van der Waals surface area (Å²) in [4.78, 5) is 3.71. The molecule has 1 aromatic heterocycles. The van der Waals surface area contributed by atoms with E-state index < -0.39 is 0 Å². The first-order valence-corrected chi connectivity index (χ1v) is 7.46. The lowest BCUT2D eigenvalue weighted by atomic mass is 10.0. The number of thiophene rings is 1. The van der Waals surface area contributed by atoms with Crippen molar-refractivity contribution in [2.45, 2.75) is 6.04 Å². The average molecular weight is 276 g/mol. The molecule has 0 saturated carbocycles. The molecule has 1 aliphatic rings. The van der Waals surface area contributed by atoms with Gasteiger partial charge in [-0.15, -0.1) is 11.3 Å². The molecule has 0 radical (unpaired) electrons. The molecule has 0 bridgehead atoms. The lowest BCUT2D eigenvalue weighted by Crippen LogP contribution is -2.45. The topological polar surface area (TPSA) is 15.3 Å². The van der Waals surface area contributed by atoms with Gasteiger partial charge in [-0.05, 0) is 29.1 Å². The third kappa shape index (κ3) is 2.86. The molecule has 2 nitrogen and oxygen atoms in total. The van der Waals surface area contributed by atoms with Crippen molar-refractivity contribution in [1.82, 2.24) is 10.2 Å². The van der Waals surface area contributed by atoms with Gasteiger partial charge in [0.15, 0.2) is 0 Å². The zero-order valence-electron chi connectivity index (χ0n) is 10.7. The van der Waals surface area contributed by atoms with E-state index in [1.807, 2.05) is 6.07 Å². The van der Waals surface area contributed by atoms with Crippen LogP contribution in [0.25, 0.3) is 0 Å². The van der Waals surface area contributed by atoms with E-state index in [0.29, 0.717) is 0 Å². The van der Waals surface area contributed by atoms with E-state index in [9.17, 15) is 4.39 Å². The zero-order valence-corrected chi connectivity index (χ0v) is 11.5. The number of benzene rings is 1. The Morgan fingerprint density at radius 2 is 2.00 bits per heavy atom. The minimum absolute atomic E-state index is 0.158. The normalized spacial score (nSPS) is 18.4. The van der Waals surface area contributed by atoms with Crippen molar-refractivity contribution in [3.8, 4) is 0 Å². The Bertz CT molecular complexity index is 521. The Hall–Kier alpha value is -1.23. The fraction of sp³-hybridized carbons (Fsp3) is 0.333. The number of nitrogens with zero attached hydrogens (tertiary/aromatic N) is 1. The molecule has 100 valence electrons. The molecule has 1 atom stereocenters. The molecule has 1 unspecified atom stereocenters. The van der Waals surface area contributed by atoms with Gasteiger partial charge < -0.3 is 5.32 Å². The maximum atomic E-state index is 13.5. The molecule has 4 heteroatoms. The summed E-state index contributed by atoms with van der Waals surface area (Å²) in [6, 6.07) is 11.4. The van der Waals surface area contributed by atoms with Crippen molar-refractivity contribution in [2.24, 2.45) is 0 Å². The Kier molecular flexibility index (Phi) is 3.92. The molecule has 1 N–H and O–H groups in total. The van der Waals surface area contributed by atoms with Crippen LogP contribution in [0.5, 0.6) is 0 Å². The van der Waals surface area contributed by atoms with E-state index in [0.717, 1.165) is 31.7 Å². The number of rotatable bonds is 3. The third-order valence-electron chi connectivity index (χ3n) is 3.49. The molecule has 2 aromatic rings. The van der Waals surface area contributed by atoms with Gasteiger partial charge in [-0.1, -0.05) is 18.2 Å². The predicted molar refractivity (Wildman–Crippen MR) is 77.0 cm³/mol. The number of nitrogens with one attached hydrogen (secondary N) is 1. The summed E-state index contributed by atoms with van der Waals surface area (Å²) < 4.78 is 13.5. The molecule has 2 heterocycles. The van der Waals surface area contributed by atoms with E-state index in [2.05, 4.69) is 27.7 Å². The molecule has 1 saturated heterocycles. The molecule has 3 rings (SSSR count). The van der Waals surface area contributed by atoms with Crippen LogP contribution in [0, 0.1) is 5.82 Å². The first kappa shape index (κ1) is 12.8. The molecule has 1 aliphatic heterocycles. The van der Waals surface area contributed by atoms with Crippen LogP contribution in [0.1, 0.15) is 16.5 Å². The Labute approximate surface area is 116 Å². The van der Waals surface area contributed by atoms with E-state index in [1.165, 1.54) is 10.9 Å². The third-order valence-corrected chi connectivity index (χ3v) is 4.42. The largest absolute Gasteiger partial charge is 0.314 e. The summed E-state index contributed by atoms with van der Waals surface area (Å²) in [7, 11) is 0. The van der Waals surface area contributed by atoms with Gasteiger partial charge in [-0.3, -0.25) is 4.90 Å². The monoisotopic (exact) mass is 276 g/mol. The maximum Gasteiger partial charge on any atom is 0.123 e. The molecular weight excluding hydrogens is 259 g/mol. The van der Waals surface area contributed by atoms with Crippen molar-refractivity contribution < 1.29 is 4.39 Å². The van der Waals surface area contributed by atoms with Gasteiger partial charge in [-0.2, -0.15) is 0 Å². The summed E-state index contributed by atoms with van der Waals surface area (Å²) in [5.74, 6) is -0.158. The zero-order chi connectivity index (χ0) is 13.1. The first-order valence-electron chi connectivity index (χ1n) is 6.58. The SMILES string of the molecule is Fc1cccc(C(c2cccs2)N2CCNCC2)c1. The highest BCUT2D eigenvalue weighted by atomic mass is 32.1. The van der Waals surface area contributed by atoms with Crippen molar-refractivity contribution >= 4 is 11.3 Å². The quantitative estimate of drug-likeness (QED) is 0.927. The minimum atomic E-state index is -0.158. The van der Waals surface area contributed by atoms with Gasteiger partial charge >= 0.3 is 0 Å². The van der Waals surface area contributed by atoms with E-state index in [-0.39, 0.29) is 11.9 Å². The van der Waals surface area contributed by atoms with Crippen molar-refractivity contribution in [3.05, 3.63) is 58.0 Å². The standard InChI is InChI=1S/C15H17FN2S/c16-13-4-1-3-12(11-13)15(14-5-2-10-19-14)18-8-6-17-7-9-18/h1-5,10-11,15,17H,6-9H2. The summed E-state index contributed by atoms with van der Waals surface area (Å²) in [6.45, 7) is 3.99. The van der Waals surface area contributed by atoms with Crippen LogP contribution in [0.3, 0.4) is 0 Å². The maximum absolute atomic E-state index is 13.5. The van der Waals surface area contributed by atoms with E-state index in [4.69, 9.17) is 0 Å². The lowest BCUT2D eigenvalue weighted by molar-refractivity contribution is 0.200. The average Bonchev–Trinajstić information content (AvgIpc) is 2.94. The number of piperazine rings is 1. The molecule has 1 aromatic carbocycles. The van der Waals surface area contributed by atoms with Crippen LogP contribution in [-0.2, 0) is 0 Å². The Balaban J connectivity index is 1.96. The predicted octanol–water partition coefficient (Wildman–Crippen LogP) is 2.88. The smallest absolute Gasteiger partial charge is 0.123 e.